The molecule has 0 bridgehead atoms. The Morgan fingerprint density at radius 2 is 1.70 bits per heavy atom. The molecule has 0 aromatic carbocycles. The van der Waals surface area contributed by atoms with E-state index in [0.29, 0.717) is 0 Å². The molecular weight excluding hydrogens is 252 g/mol. The standard InChI is InChI=1S/C17H32O3/c1-5-6-7-8-9-10-11-12-13-15(4)16(18)17(19)20-14(2)3/h12-16,18H,5-11H2,1-4H3/b13-12-/t15-,16-/m1/s1. The molecule has 0 aliphatic rings. The number of carbonyl (C=O) groups is 1. The van der Waals surface area contributed by atoms with Crippen LogP contribution in [0.2, 0.25) is 0 Å². The Kier molecular flexibility index (Phi) is 11.5. The summed E-state index contributed by atoms with van der Waals surface area (Å²) in [6.07, 6.45) is 11.4. The lowest BCUT2D eigenvalue weighted by molar-refractivity contribution is -0.159. The summed E-state index contributed by atoms with van der Waals surface area (Å²) in [5.41, 5.74) is 0. The minimum absolute atomic E-state index is 0.184. The Balaban J connectivity index is 3.75. The highest BCUT2D eigenvalue weighted by Crippen LogP contribution is 2.11. The van der Waals surface area contributed by atoms with Crippen molar-refractivity contribution in [2.75, 3.05) is 0 Å². The maximum absolute atomic E-state index is 11.5. The molecule has 3 nitrogen and oxygen atoms in total. The highest BCUT2D eigenvalue weighted by Gasteiger charge is 2.22. The lowest BCUT2D eigenvalue weighted by atomic mass is 10.0. The monoisotopic (exact) mass is 284 g/mol. The Morgan fingerprint density at radius 3 is 2.30 bits per heavy atom. The zero-order valence-corrected chi connectivity index (χ0v) is 13.6. The first-order valence-corrected chi connectivity index (χ1v) is 8.04. The van der Waals surface area contributed by atoms with Gasteiger partial charge in [-0.2, -0.15) is 0 Å². The van der Waals surface area contributed by atoms with Gasteiger partial charge >= 0.3 is 5.97 Å². The van der Waals surface area contributed by atoms with Crippen molar-refractivity contribution in [1.29, 1.82) is 0 Å². The predicted octanol–water partition coefficient (Wildman–Crippen LogP) is 4.24. The average molecular weight is 284 g/mol. The van der Waals surface area contributed by atoms with Crippen molar-refractivity contribution in [3.63, 3.8) is 0 Å². The maximum Gasteiger partial charge on any atom is 0.335 e. The molecule has 3 heteroatoms. The first-order chi connectivity index (χ1) is 9.49. The van der Waals surface area contributed by atoms with Gasteiger partial charge in [0.25, 0.3) is 0 Å². The number of allylic oxidation sites excluding steroid dienone is 1. The number of hydrogen-bond donors (Lipinski definition) is 1. The number of carbonyl (C=O) groups excluding carboxylic acids is 1. The van der Waals surface area contributed by atoms with E-state index in [9.17, 15) is 9.90 Å². The second kappa shape index (κ2) is 12.0. The van der Waals surface area contributed by atoms with E-state index in [-0.39, 0.29) is 12.0 Å². The van der Waals surface area contributed by atoms with Crippen molar-refractivity contribution < 1.29 is 14.6 Å². The molecule has 0 aromatic rings. The first kappa shape index (κ1) is 19.2. The van der Waals surface area contributed by atoms with Crippen LogP contribution in [0.15, 0.2) is 12.2 Å². The number of unbranched alkanes of at least 4 members (excludes halogenated alkanes) is 6. The SMILES string of the molecule is CCCCCCCC/C=C\[C@@H](C)[C@@H](O)C(=O)OC(C)C. The van der Waals surface area contributed by atoms with Crippen LogP contribution in [0.4, 0.5) is 0 Å². The molecule has 0 spiro atoms. The summed E-state index contributed by atoms with van der Waals surface area (Å²) in [4.78, 5) is 11.5. The number of hydrogen-bond acceptors (Lipinski definition) is 3. The molecule has 0 aliphatic heterocycles. The highest BCUT2D eigenvalue weighted by atomic mass is 16.6. The number of rotatable bonds is 11. The molecule has 0 fully saturated rings. The third kappa shape index (κ3) is 10.0. The van der Waals surface area contributed by atoms with Crippen LogP contribution in [0.1, 0.15) is 72.6 Å². The van der Waals surface area contributed by atoms with Crippen LogP contribution < -0.4 is 0 Å². The normalized spacial score (nSPS) is 14.7. The largest absolute Gasteiger partial charge is 0.461 e. The van der Waals surface area contributed by atoms with Crippen LogP contribution in [-0.4, -0.2) is 23.3 Å². The van der Waals surface area contributed by atoms with Crippen LogP contribution in [0.25, 0.3) is 0 Å². The van der Waals surface area contributed by atoms with E-state index in [1.54, 1.807) is 13.8 Å². The molecule has 0 rings (SSSR count). The van der Waals surface area contributed by atoms with Gasteiger partial charge in [-0.3, -0.25) is 0 Å². The minimum Gasteiger partial charge on any atom is -0.461 e. The third-order valence-electron chi connectivity index (χ3n) is 3.26. The van der Waals surface area contributed by atoms with Crippen LogP contribution >= 0.6 is 0 Å². The van der Waals surface area contributed by atoms with E-state index in [2.05, 4.69) is 13.0 Å². The molecule has 1 N–H and O–H groups in total. The number of aliphatic hydroxyl groups excluding tert-OH is 1. The predicted molar refractivity (Wildman–Crippen MR) is 83.5 cm³/mol. The lowest BCUT2D eigenvalue weighted by Crippen LogP contribution is -2.30. The quantitative estimate of drug-likeness (QED) is 0.350. The van der Waals surface area contributed by atoms with Crippen molar-refractivity contribution in [2.24, 2.45) is 5.92 Å². The summed E-state index contributed by atoms with van der Waals surface area (Å²) >= 11 is 0. The molecule has 0 radical (unpaired) electrons. The van der Waals surface area contributed by atoms with Crippen molar-refractivity contribution in [1.82, 2.24) is 0 Å². The molecular formula is C17H32O3. The summed E-state index contributed by atoms with van der Waals surface area (Å²) in [6.45, 7) is 7.62. The van der Waals surface area contributed by atoms with E-state index in [1.165, 1.54) is 38.5 Å². The van der Waals surface area contributed by atoms with E-state index in [1.807, 2.05) is 13.0 Å². The van der Waals surface area contributed by atoms with Crippen molar-refractivity contribution >= 4 is 5.97 Å². The molecule has 0 unspecified atom stereocenters. The zero-order chi connectivity index (χ0) is 15.4. The summed E-state index contributed by atoms with van der Waals surface area (Å²) in [5, 5.41) is 9.81. The number of aliphatic hydroxyl groups is 1. The summed E-state index contributed by atoms with van der Waals surface area (Å²) < 4.78 is 4.99. The van der Waals surface area contributed by atoms with Gasteiger partial charge in [0, 0.05) is 5.92 Å². The van der Waals surface area contributed by atoms with Gasteiger partial charge in [0.1, 0.15) is 0 Å². The van der Waals surface area contributed by atoms with Crippen molar-refractivity contribution in [2.45, 2.75) is 84.8 Å². The van der Waals surface area contributed by atoms with Crippen LogP contribution in [0.5, 0.6) is 0 Å². The van der Waals surface area contributed by atoms with Gasteiger partial charge in [-0.25, -0.2) is 4.79 Å². The Morgan fingerprint density at radius 1 is 1.10 bits per heavy atom. The molecule has 118 valence electrons. The van der Waals surface area contributed by atoms with E-state index in [4.69, 9.17) is 4.74 Å². The summed E-state index contributed by atoms with van der Waals surface area (Å²) in [5.74, 6) is -0.724. The molecule has 20 heavy (non-hydrogen) atoms. The molecule has 0 heterocycles. The van der Waals surface area contributed by atoms with Gasteiger partial charge in [-0.05, 0) is 26.7 Å². The summed E-state index contributed by atoms with van der Waals surface area (Å²) in [6, 6.07) is 0. The molecule has 2 atom stereocenters. The molecule has 0 aromatic heterocycles. The van der Waals surface area contributed by atoms with Gasteiger partial charge < -0.3 is 9.84 Å². The zero-order valence-electron chi connectivity index (χ0n) is 13.6. The van der Waals surface area contributed by atoms with E-state index < -0.39 is 12.1 Å². The topological polar surface area (TPSA) is 46.5 Å². The van der Waals surface area contributed by atoms with Crippen molar-refractivity contribution in [3.05, 3.63) is 12.2 Å². The summed E-state index contributed by atoms with van der Waals surface area (Å²) in [7, 11) is 0. The third-order valence-corrected chi connectivity index (χ3v) is 3.26. The molecule has 0 amide bonds. The number of esters is 1. The van der Waals surface area contributed by atoms with Gasteiger partial charge in [0.05, 0.1) is 6.10 Å². The van der Waals surface area contributed by atoms with Crippen LogP contribution in [0, 0.1) is 5.92 Å². The van der Waals surface area contributed by atoms with E-state index >= 15 is 0 Å². The Bertz CT molecular complexity index is 271. The second-order valence-electron chi connectivity index (χ2n) is 5.77. The fourth-order valence-corrected chi connectivity index (χ4v) is 1.98. The number of ether oxygens (including phenoxy) is 1. The van der Waals surface area contributed by atoms with E-state index in [0.717, 1.165) is 6.42 Å². The van der Waals surface area contributed by atoms with Gasteiger partial charge in [0.2, 0.25) is 0 Å². The fraction of sp³-hybridized carbons (Fsp3) is 0.824. The average Bonchev–Trinajstić information content (AvgIpc) is 2.39. The van der Waals surface area contributed by atoms with Crippen LogP contribution in [-0.2, 0) is 9.53 Å². The fourth-order valence-electron chi connectivity index (χ4n) is 1.98. The Hall–Kier alpha value is -0.830. The highest BCUT2D eigenvalue weighted by molar-refractivity contribution is 5.75. The smallest absolute Gasteiger partial charge is 0.335 e. The van der Waals surface area contributed by atoms with Crippen molar-refractivity contribution in [3.8, 4) is 0 Å². The first-order valence-electron chi connectivity index (χ1n) is 8.04. The maximum atomic E-state index is 11.5. The Labute approximate surface area is 124 Å². The van der Waals surface area contributed by atoms with Gasteiger partial charge in [-0.15, -0.1) is 0 Å². The van der Waals surface area contributed by atoms with Gasteiger partial charge in [0.15, 0.2) is 6.10 Å². The molecule has 0 saturated carbocycles. The van der Waals surface area contributed by atoms with Gasteiger partial charge in [-0.1, -0.05) is 58.1 Å². The molecule has 0 aliphatic carbocycles. The second-order valence-corrected chi connectivity index (χ2v) is 5.77. The molecule has 0 saturated heterocycles. The van der Waals surface area contributed by atoms with Crippen LogP contribution in [0.3, 0.4) is 0 Å². The lowest BCUT2D eigenvalue weighted by Gasteiger charge is -2.16. The minimum atomic E-state index is -1.06.